The molecule has 0 aliphatic carbocycles. The first-order valence-electron chi connectivity index (χ1n) is 5.71. The Balaban J connectivity index is 2.97. The average Bonchev–Trinajstić information content (AvgIpc) is 2.33. The molecule has 19 heavy (non-hydrogen) atoms. The van der Waals surface area contributed by atoms with E-state index in [1.54, 1.807) is 4.90 Å². The van der Waals surface area contributed by atoms with Crippen LogP contribution in [0.25, 0.3) is 0 Å². The number of anilines is 1. The third kappa shape index (κ3) is 4.36. The molecule has 0 aliphatic rings. The normalized spacial score (nSPS) is 11.7. The number of methoxy groups -OCH3 is 1. The van der Waals surface area contributed by atoms with E-state index in [0.29, 0.717) is 25.8 Å². The van der Waals surface area contributed by atoms with Crippen LogP contribution in [-0.4, -0.2) is 33.4 Å². The molecule has 1 aromatic rings. The lowest BCUT2D eigenvalue weighted by atomic mass is 10.1. The zero-order valence-corrected chi connectivity index (χ0v) is 10.5. The number of halogens is 4. The van der Waals surface area contributed by atoms with Crippen molar-refractivity contribution in [3.8, 4) is 0 Å². The molecule has 7 heteroatoms. The minimum atomic E-state index is -4.55. The minimum absolute atomic E-state index is 0.0931. The van der Waals surface area contributed by atoms with Crippen LogP contribution in [0, 0.1) is 5.82 Å². The fraction of sp³-hybridized carbons (Fsp3) is 0.500. The molecule has 1 aromatic carbocycles. The maximum atomic E-state index is 13.8. The van der Waals surface area contributed by atoms with Gasteiger partial charge in [-0.25, -0.2) is 4.39 Å². The van der Waals surface area contributed by atoms with Crippen molar-refractivity contribution in [2.75, 3.05) is 38.3 Å². The van der Waals surface area contributed by atoms with Gasteiger partial charge in [0.1, 0.15) is 5.82 Å². The smallest absolute Gasteiger partial charge is 0.383 e. The topological polar surface area (TPSA) is 38.5 Å². The number of alkyl halides is 3. The highest BCUT2D eigenvalue weighted by Gasteiger charge is 2.31. The third-order valence-electron chi connectivity index (χ3n) is 2.58. The van der Waals surface area contributed by atoms with E-state index >= 15 is 0 Å². The van der Waals surface area contributed by atoms with Crippen LogP contribution in [-0.2, 0) is 10.9 Å². The average molecular weight is 280 g/mol. The van der Waals surface area contributed by atoms with Gasteiger partial charge in [0.2, 0.25) is 0 Å². The van der Waals surface area contributed by atoms with Gasteiger partial charge in [0, 0.05) is 26.7 Å². The number of hydrogen-bond acceptors (Lipinski definition) is 3. The highest BCUT2D eigenvalue weighted by atomic mass is 19.4. The van der Waals surface area contributed by atoms with E-state index in [0.717, 1.165) is 12.1 Å². The second-order valence-electron chi connectivity index (χ2n) is 3.93. The van der Waals surface area contributed by atoms with Gasteiger partial charge in [-0.15, -0.1) is 0 Å². The highest BCUT2D eigenvalue weighted by Crippen LogP contribution is 2.32. The Morgan fingerprint density at radius 3 is 2.42 bits per heavy atom. The molecule has 0 saturated heterocycles. The van der Waals surface area contributed by atoms with E-state index in [2.05, 4.69) is 0 Å². The van der Waals surface area contributed by atoms with Crippen molar-refractivity contribution in [2.45, 2.75) is 6.18 Å². The largest absolute Gasteiger partial charge is 0.416 e. The van der Waals surface area contributed by atoms with Gasteiger partial charge < -0.3 is 15.4 Å². The fourth-order valence-electron chi connectivity index (χ4n) is 1.65. The second kappa shape index (κ2) is 6.72. The summed E-state index contributed by atoms with van der Waals surface area (Å²) in [6.45, 7) is 1.30. The molecular formula is C12H16F4N2O. The summed E-state index contributed by atoms with van der Waals surface area (Å²) in [5.74, 6) is -0.917. The summed E-state index contributed by atoms with van der Waals surface area (Å²) in [6, 6.07) is 2.46. The lowest BCUT2D eigenvalue weighted by molar-refractivity contribution is -0.137. The van der Waals surface area contributed by atoms with Gasteiger partial charge in [-0.05, 0) is 18.2 Å². The Morgan fingerprint density at radius 2 is 1.95 bits per heavy atom. The van der Waals surface area contributed by atoms with Crippen molar-refractivity contribution < 1.29 is 22.3 Å². The summed E-state index contributed by atoms with van der Waals surface area (Å²) in [4.78, 5) is 1.55. The highest BCUT2D eigenvalue weighted by molar-refractivity contribution is 5.49. The number of nitrogens with zero attached hydrogens (tertiary/aromatic N) is 1. The quantitative estimate of drug-likeness (QED) is 0.812. The van der Waals surface area contributed by atoms with E-state index in [4.69, 9.17) is 10.5 Å². The van der Waals surface area contributed by atoms with Crippen molar-refractivity contribution in [1.82, 2.24) is 0 Å². The van der Waals surface area contributed by atoms with Gasteiger partial charge >= 0.3 is 6.18 Å². The fourth-order valence-corrected chi connectivity index (χ4v) is 1.65. The minimum Gasteiger partial charge on any atom is -0.383 e. The SMILES string of the molecule is COCCN(CCN)c1ccc(C(F)(F)F)cc1F. The molecule has 0 radical (unpaired) electrons. The van der Waals surface area contributed by atoms with Crippen LogP contribution in [0.1, 0.15) is 5.56 Å². The van der Waals surface area contributed by atoms with Crippen molar-refractivity contribution in [1.29, 1.82) is 0 Å². The van der Waals surface area contributed by atoms with E-state index < -0.39 is 17.6 Å². The molecule has 0 aliphatic heterocycles. The van der Waals surface area contributed by atoms with E-state index in [1.165, 1.54) is 7.11 Å². The summed E-state index contributed by atoms with van der Waals surface area (Å²) in [7, 11) is 1.49. The van der Waals surface area contributed by atoms with Gasteiger partial charge in [0.25, 0.3) is 0 Å². The van der Waals surface area contributed by atoms with Crippen LogP contribution in [0.15, 0.2) is 18.2 Å². The molecule has 108 valence electrons. The number of ether oxygens (including phenoxy) is 1. The Hall–Kier alpha value is -1.34. The first-order chi connectivity index (χ1) is 8.90. The number of hydrogen-bond donors (Lipinski definition) is 1. The van der Waals surface area contributed by atoms with Crippen molar-refractivity contribution >= 4 is 5.69 Å². The lowest BCUT2D eigenvalue weighted by Crippen LogP contribution is -2.33. The number of benzene rings is 1. The number of rotatable bonds is 6. The first kappa shape index (κ1) is 15.7. The van der Waals surface area contributed by atoms with E-state index in [-0.39, 0.29) is 12.2 Å². The molecule has 0 spiro atoms. The Morgan fingerprint density at radius 1 is 1.26 bits per heavy atom. The summed E-state index contributed by atoms with van der Waals surface area (Å²) in [5.41, 5.74) is 4.49. The molecule has 0 aromatic heterocycles. The van der Waals surface area contributed by atoms with Gasteiger partial charge in [0.05, 0.1) is 17.9 Å². The molecule has 0 amide bonds. The molecule has 0 heterocycles. The third-order valence-corrected chi connectivity index (χ3v) is 2.58. The van der Waals surface area contributed by atoms with E-state index in [9.17, 15) is 17.6 Å². The second-order valence-corrected chi connectivity index (χ2v) is 3.93. The van der Waals surface area contributed by atoms with Crippen LogP contribution < -0.4 is 10.6 Å². The maximum absolute atomic E-state index is 13.8. The van der Waals surface area contributed by atoms with E-state index in [1.807, 2.05) is 0 Å². The first-order valence-corrected chi connectivity index (χ1v) is 5.71. The van der Waals surface area contributed by atoms with Crippen molar-refractivity contribution in [3.05, 3.63) is 29.6 Å². The maximum Gasteiger partial charge on any atom is 0.416 e. The van der Waals surface area contributed by atoms with Crippen LogP contribution in [0.5, 0.6) is 0 Å². The molecule has 2 N–H and O–H groups in total. The van der Waals surface area contributed by atoms with Gasteiger partial charge in [-0.3, -0.25) is 0 Å². The summed E-state index contributed by atoms with van der Waals surface area (Å²) < 4.78 is 55.9. The molecule has 0 unspecified atom stereocenters. The van der Waals surface area contributed by atoms with Crippen LogP contribution in [0.2, 0.25) is 0 Å². The predicted octanol–water partition coefficient (Wildman–Crippen LogP) is 2.26. The van der Waals surface area contributed by atoms with Gasteiger partial charge in [-0.1, -0.05) is 0 Å². The Kier molecular flexibility index (Phi) is 5.56. The van der Waals surface area contributed by atoms with Gasteiger partial charge in [-0.2, -0.15) is 13.2 Å². The van der Waals surface area contributed by atoms with Crippen LogP contribution in [0.3, 0.4) is 0 Å². The Bertz CT molecular complexity index is 409. The summed E-state index contributed by atoms with van der Waals surface area (Å²) in [6.07, 6.45) is -4.55. The zero-order chi connectivity index (χ0) is 14.5. The standard InChI is InChI=1S/C12H16F4N2O/c1-19-7-6-18(5-4-17)11-3-2-9(8-10(11)13)12(14,15)16/h2-3,8H,4-7,17H2,1H3. The summed E-state index contributed by atoms with van der Waals surface area (Å²) in [5, 5.41) is 0. The molecule has 0 bridgehead atoms. The van der Waals surface area contributed by atoms with Crippen molar-refractivity contribution in [2.24, 2.45) is 5.73 Å². The van der Waals surface area contributed by atoms with Crippen LogP contribution >= 0.6 is 0 Å². The van der Waals surface area contributed by atoms with Gasteiger partial charge in [0.15, 0.2) is 0 Å². The Labute approximate surface area is 108 Å². The predicted molar refractivity (Wildman–Crippen MR) is 64.5 cm³/mol. The monoisotopic (exact) mass is 280 g/mol. The zero-order valence-electron chi connectivity index (χ0n) is 10.5. The van der Waals surface area contributed by atoms with Crippen molar-refractivity contribution in [3.63, 3.8) is 0 Å². The molecule has 3 nitrogen and oxygen atoms in total. The molecule has 1 rings (SSSR count). The molecule has 0 atom stereocenters. The van der Waals surface area contributed by atoms with Crippen LogP contribution in [0.4, 0.5) is 23.2 Å². The molecule has 0 saturated carbocycles. The lowest BCUT2D eigenvalue weighted by Gasteiger charge is -2.24. The summed E-state index contributed by atoms with van der Waals surface area (Å²) >= 11 is 0. The number of nitrogens with two attached hydrogens (primary N) is 1. The molecule has 0 fully saturated rings. The molecular weight excluding hydrogens is 264 g/mol.